The maximum atomic E-state index is 11.6. The molecule has 1 N–H and O–H groups in total. The molecule has 1 fully saturated rings. The molecule has 1 saturated heterocycles. The fourth-order valence-corrected chi connectivity index (χ4v) is 5.16. The topological polar surface area (TPSA) is 76.8 Å². The molecular weight excluding hydrogens is 486 g/mol. The number of halogens is 1. The van der Waals surface area contributed by atoms with Crippen LogP contribution in [0.15, 0.2) is 34.8 Å². The van der Waals surface area contributed by atoms with E-state index in [0.29, 0.717) is 24.8 Å². The molecule has 3 aromatic rings. The number of carboxylic acids is 1. The van der Waals surface area contributed by atoms with Gasteiger partial charge in [0.25, 0.3) is 0 Å². The van der Waals surface area contributed by atoms with Crippen molar-refractivity contribution in [3.63, 3.8) is 0 Å². The summed E-state index contributed by atoms with van der Waals surface area (Å²) in [4.78, 5) is 18.6. The van der Waals surface area contributed by atoms with Crippen LogP contribution in [0.1, 0.15) is 54.5 Å². The number of benzene rings is 2. The number of fused-ring (bicyclic) bond motifs is 1. The summed E-state index contributed by atoms with van der Waals surface area (Å²) < 4.78 is 14.7. The SMILES string of the molecule is CCOc1cc(CN2CCC(n3c(C)nc4c(C(=O)O)cccc43)CC2)cc(OCC)c1Br. The third-order valence-corrected chi connectivity index (χ3v) is 6.90. The van der Waals surface area contributed by atoms with Gasteiger partial charge in [0.15, 0.2) is 0 Å². The maximum absolute atomic E-state index is 11.6. The molecule has 176 valence electrons. The Hall–Kier alpha value is -2.58. The van der Waals surface area contributed by atoms with Gasteiger partial charge in [-0.25, -0.2) is 9.78 Å². The van der Waals surface area contributed by atoms with Crippen molar-refractivity contribution in [3.05, 3.63) is 51.8 Å². The van der Waals surface area contributed by atoms with Crippen molar-refractivity contribution in [2.24, 2.45) is 0 Å². The molecule has 0 amide bonds. The lowest BCUT2D eigenvalue weighted by atomic mass is 10.0. The molecule has 0 unspecified atom stereocenters. The molecule has 0 saturated carbocycles. The van der Waals surface area contributed by atoms with Gasteiger partial charge in [0, 0.05) is 25.7 Å². The Morgan fingerprint density at radius 2 is 1.79 bits per heavy atom. The normalized spacial score (nSPS) is 15.2. The molecule has 8 heteroatoms. The Balaban J connectivity index is 1.50. The van der Waals surface area contributed by atoms with Crippen molar-refractivity contribution in [2.75, 3.05) is 26.3 Å². The van der Waals surface area contributed by atoms with Gasteiger partial charge >= 0.3 is 5.97 Å². The Labute approximate surface area is 202 Å². The summed E-state index contributed by atoms with van der Waals surface area (Å²) in [6, 6.07) is 9.87. The zero-order chi connectivity index (χ0) is 23.5. The monoisotopic (exact) mass is 515 g/mol. The van der Waals surface area contributed by atoms with E-state index in [1.165, 1.54) is 5.56 Å². The van der Waals surface area contributed by atoms with Gasteiger partial charge in [0.2, 0.25) is 0 Å². The van der Waals surface area contributed by atoms with Gasteiger partial charge in [-0.1, -0.05) is 6.07 Å². The predicted molar refractivity (Wildman–Crippen MR) is 131 cm³/mol. The number of aryl methyl sites for hydroxylation is 1. The van der Waals surface area contributed by atoms with Crippen molar-refractivity contribution < 1.29 is 19.4 Å². The van der Waals surface area contributed by atoms with Crippen molar-refractivity contribution in [2.45, 2.75) is 46.2 Å². The van der Waals surface area contributed by atoms with Crippen molar-refractivity contribution >= 4 is 32.9 Å². The second-order valence-corrected chi connectivity index (χ2v) is 9.08. The molecule has 2 aromatic carbocycles. The van der Waals surface area contributed by atoms with Crippen LogP contribution >= 0.6 is 15.9 Å². The fraction of sp³-hybridized carbons (Fsp3) is 0.440. The predicted octanol–water partition coefficient (Wildman–Crippen LogP) is 5.44. The fourth-order valence-electron chi connectivity index (χ4n) is 4.70. The molecule has 2 heterocycles. The quantitative estimate of drug-likeness (QED) is 0.430. The van der Waals surface area contributed by atoms with E-state index in [9.17, 15) is 9.90 Å². The van der Waals surface area contributed by atoms with Crippen LogP contribution in [0.5, 0.6) is 11.5 Å². The smallest absolute Gasteiger partial charge is 0.337 e. The lowest BCUT2D eigenvalue weighted by Crippen LogP contribution is -2.34. The van der Waals surface area contributed by atoms with Crippen LogP contribution < -0.4 is 9.47 Å². The van der Waals surface area contributed by atoms with Crippen LogP contribution in [0.3, 0.4) is 0 Å². The van der Waals surface area contributed by atoms with E-state index in [2.05, 4.69) is 42.5 Å². The van der Waals surface area contributed by atoms with Gasteiger partial charge in [-0.2, -0.15) is 0 Å². The lowest BCUT2D eigenvalue weighted by Gasteiger charge is -2.33. The number of carboxylic acid groups (broad SMARTS) is 1. The number of nitrogens with zero attached hydrogens (tertiary/aromatic N) is 3. The number of imidazole rings is 1. The number of aromatic nitrogens is 2. The highest BCUT2D eigenvalue weighted by Gasteiger charge is 2.25. The third kappa shape index (κ3) is 4.87. The van der Waals surface area contributed by atoms with Crippen LogP contribution in [-0.2, 0) is 6.54 Å². The average molecular weight is 516 g/mol. The second kappa shape index (κ2) is 10.1. The number of hydrogen-bond acceptors (Lipinski definition) is 5. The summed E-state index contributed by atoms with van der Waals surface area (Å²) in [5, 5.41) is 9.51. The first-order valence-electron chi connectivity index (χ1n) is 11.4. The van der Waals surface area contributed by atoms with E-state index in [1.807, 2.05) is 26.8 Å². The van der Waals surface area contributed by atoms with Crippen molar-refractivity contribution in [1.29, 1.82) is 0 Å². The zero-order valence-electron chi connectivity index (χ0n) is 19.3. The zero-order valence-corrected chi connectivity index (χ0v) is 20.9. The number of likely N-dealkylation sites (tertiary alicyclic amines) is 1. The molecule has 4 rings (SSSR count). The molecule has 0 radical (unpaired) electrons. The van der Waals surface area contributed by atoms with Crippen LogP contribution in [0.2, 0.25) is 0 Å². The summed E-state index contributed by atoms with van der Waals surface area (Å²) in [5.74, 6) is 1.55. The van der Waals surface area contributed by atoms with Gasteiger partial charge in [0.05, 0.1) is 24.3 Å². The Morgan fingerprint density at radius 1 is 1.15 bits per heavy atom. The van der Waals surface area contributed by atoms with Crippen LogP contribution in [0, 0.1) is 6.92 Å². The highest BCUT2D eigenvalue weighted by Crippen LogP contribution is 2.37. The van der Waals surface area contributed by atoms with Crippen LogP contribution in [-0.4, -0.2) is 51.8 Å². The maximum Gasteiger partial charge on any atom is 0.337 e. The Morgan fingerprint density at radius 3 is 2.36 bits per heavy atom. The molecule has 0 aliphatic carbocycles. The highest BCUT2D eigenvalue weighted by atomic mass is 79.9. The summed E-state index contributed by atoms with van der Waals surface area (Å²) in [7, 11) is 0. The summed E-state index contributed by atoms with van der Waals surface area (Å²) >= 11 is 3.60. The van der Waals surface area contributed by atoms with Gasteiger partial charge in [-0.05, 0) is 79.4 Å². The van der Waals surface area contributed by atoms with Crippen LogP contribution in [0.25, 0.3) is 11.0 Å². The van der Waals surface area contributed by atoms with E-state index < -0.39 is 5.97 Å². The largest absolute Gasteiger partial charge is 0.493 e. The number of piperidine rings is 1. The van der Waals surface area contributed by atoms with Crippen molar-refractivity contribution in [3.8, 4) is 11.5 Å². The molecule has 0 atom stereocenters. The van der Waals surface area contributed by atoms with E-state index >= 15 is 0 Å². The van der Waals surface area contributed by atoms with Gasteiger partial charge in [-0.3, -0.25) is 4.90 Å². The van der Waals surface area contributed by atoms with Gasteiger partial charge in [-0.15, -0.1) is 0 Å². The van der Waals surface area contributed by atoms with E-state index in [0.717, 1.165) is 59.8 Å². The number of para-hydroxylation sites is 1. The highest BCUT2D eigenvalue weighted by molar-refractivity contribution is 9.10. The van der Waals surface area contributed by atoms with E-state index in [4.69, 9.17) is 9.47 Å². The van der Waals surface area contributed by atoms with Crippen molar-refractivity contribution in [1.82, 2.24) is 14.5 Å². The molecular formula is C25H30BrN3O4. The number of ether oxygens (including phenoxy) is 2. The summed E-state index contributed by atoms with van der Waals surface area (Å²) in [5.41, 5.74) is 2.91. The Kier molecular flexibility index (Phi) is 7.24. The molecule has 1 aliphatic heterocycles. The minimum atomic E-state index is -0.938. The first kappa shape index (κ1) is 23.6. The van der Waals surface area contributed by atoms with E-state index in [1.54, 1.807) is 12.1 Å². The number of rotatable bonds is 8. The van der Waals surface area contributed by atoms with Gasteiger partial charge in [0.1, 0.15) is 27.3 Å². The molecule has 1 aromatic heterocycles. The molecule has 0 bridgehead atoms. The summed E-state index contributed by atoms with van der Waals surface area (Å²) in [6.07, 6.45) is 1.97. The van der Waals surface area contributed by atoms with Gasteiger partial charge < -0.3 is 19.1 Å². The third-order valence-electron chi connectivity index (χ3n) is 6.12. The number of carbonyl (C=O) groups is 1. The molecule has 33 heavy (non-hydrogen) atoms. The minimum Gasteiger partial charge on any atom is -0.493 e. The minimum absolute atomic E-state index is 0.261. The second-order valence-electron chi connectivity index (χ2n) is 8.29. The number of aromatic carboxylic acids is 1. The standard InChI is InChI=1S/C25H30BrN3O4/c1-4-32-21-13-17(14-22(23(21)26)33-5-2)15-28-11-9-18(10-12-28)29-16(3)27-24-19(25(30)31)7-6-8-20(24)29/h6-8,13-14,18H,4-5,9-12,15H2,1-3H3,(H,30,31). The van der Waals surface area contributed by atoms with E-state index in [-0.39, 0.29) is 5.56 Å². The first-order chi connectivity index (χ1) is 15.9. The van der Waals surface area contributed by atoms with Crippen LogP contribution in [0.4, 0.5) is 0 Å². The first-order valence-corrected chi connectivity index (χ1v) is 12.2. The molecule has 1 aliphatic rings. The lowest BCUT2D eigenvalue weighted by molar-refractivity contribution is 0.0699. The number of hydrogen-bond donors (Lipinski definition) is 1. The average Bonchev–Trinajstić information content (AvgIpc) is 3.13. The molecule has 7 nitrogen and oxygen atoms in total. The summed E-state index contributed by atoms with van der Waals surface area (Å²) in [6.45, 7) is 9.84. The Bertz CT molecular complexity index is 1120. The molecule has 0 spiro atoms.